The van der Waals surface area contributed by atoms with Crippen LogP contribution in [0.2, 0.25) is 0 Å². The molecule has 0 atom stereocenters. The van der Waals surface area contributed by atoms with Crippen LogP contribution in [0.15, 0.2) is 12.3 Å². The molecular weight excluding hydrogens is 124 g/mol. The van der Waals surface area contributed by atoms with E-state index in [1.807, 2.05) is 0 Å². The summed E-state index contributed by atoms with van der Waals surface area (Å²) in [6.07, 6.45) is 9.96. The molecule has 0 aromatic carbocycles. The Balaban J connectivity index is 2.77. The van der Waals surface area contributed by atoms with E-state index in [4.69, 9.17) is 0 Å². The first-order valence-corrected chi connectivity index (χ1v) is 4.18. The average Bonchev–Trinajstić information content (AvgIpc) is 1.97. The third-order valence-corrected chi connectivity index (χ3v) is 1.57. The van der Waals surface area contributed by atoms with Gasteiger partial charge in [0.15, 0.2) is 0 Å². The van der Waals surface area contributed by atoms with Gasteiger partial charge in [-0.1, -0.05) is 32.6 Å². The van der Waals surface area contributed by atoms with E-state index in [2.05, 4.69) is 6.92 Å². The molecule has 0 aromatic rings. The minimum atomic E-state index is 0.889. The molecule has 0 aliphatic rings. The molecule has 0 rings (SSSR count). The third kappa shape index (κ3) is 7.54. The van der Waals surface area contributed by atoms with Crippen LogP contribution in [0.1, 0.15) is 45.4 Å². The normalized spacial score (nSPS) is 10.9. The highest BCUT2D eigenvalue weighted by atomic mass is 16.2. The Morgan fingerprint density at radius 1 is 1.10 bits per heavy atom. The Morgan fingerprint density at radius 3 is 2.40 bits per heavy atom. The highest BCUT2D eigenvalue weighted by Crippen LogP contribution is 2.04. The van der Waals surface area contributed by atoms with Gasteiger partial charge in [-0.15, -0.1) is 0 Å². The first-order chi connectivity index (χ1) is 4.91. The molecule has 59 valence electrons. The second-order valence-electron chi connectivity index (χ2n) is 2.57. The molecule has 0 heterocycles. The monoisotopic (exact) mass is 141 g/mol. The molecule has 0 unspecified atom stereocenters. The van der Waals surface area contributed by atoms with E-state index in [1.54, 1.807) is 6.08 Å². The highest BCUT2D eigenvalue weighted by molar-refractivity contribution is 4.70. The standard InChI is InChI=1S/C9H17O/c1-2-3-4-5-6-7-8-9-10/h8-9H,2-7H2,1H3/b9-8+. The lowest BCUT2D eigenvalue weighted by atomic mass is 10.1. The molecular formula is C9H17O. The Bertz CT molecular complexity index is 76.8. The lowest BCUT2D eigenvalue weighted by Crippen LogP contribution is -1.75. The maximum Gasteiger partial charge on any atom is 0.138 e. The fourth-order valence-corrected chi connectivity index (χ4v) is 0.934. The minimum Gasteiger partial charge on any atom is -0.299 e. The zero-order valence-corrected chi connectivity index (χ0v) is 6.81. The Labute approximate surface area is 63.8 Å². The largest absolute Gasteiger partial charge is 0.299 e. The van der Waals surface area contributed by atoms with Gasteiger partial charge in [0, 0.05) is 0 Å². The van der Waals surface area contributed by atoms with Crippen LogP contribution in [0.5, 0.6) is 0 Å². The Hall–Kier alpha value is -0.460. The maximum absolute atomic E-state index is 9.84. The summed E-state index contributed by atoms with van der Waals surface area (Å²) in [5.74, 6) is 0. The van der Waals surface area contributed by atoms with Gasteiger partial charge >= 0.3 is 0 Å². The zero-order chi connectivity index (χ0) is 7.66. The SMILES string of the molecule is CCCCCCC/C=C/[O]. The van der Waals surface area contributed by atoms with Crippen molar-refractivity contribution in [1.29, 1.82) is 0 Å². The van der Waals surface area contributed by atoms with Crippen LogP contribution in [0.4, 0.5) is 0 Å². The van der Waals surface area contributed by atoms with E-state index >= 15 is 0 Å². The summed E-state index contributed by atoms with van der Waals surface area (Å²) in [5.41, 5.74) is 0. The summed E-state index contributed by atoms with van der Waals surface area (Å²) < 4.78 is 0. The number of rotatable bonds is 6. The third-order valence-electron chi connectivity index (χ3n) is 1.57. The number of hydrogen-bond donors (Lipinski definition) is 0. The van der Waals surface area contributed by atoms with Crippen molar-refractivity contribution in [2.24, 2.45) is 0 Å². The highest BCUT2D eigenvalue weighted by Gasteiger charge is 1.85. The van der Waals surface area contributed by atoms with E-state index < -0.39 is 0 Å². The number of hydrogen-bond acceptors (Lipinski definition) is 0. The fourth-order valence-electron chi connectivity index (χ4n) is 0.934. The van der Waals surface area contributed by atoms with Crippen LogP contribution in [0.3, 0.4) is 0 Å². The summed E-state index contributed by atoms with van der Waals surface area (Å²) in [5, 5.41) is 9.84. The first kappa shape index (κ1) is 9.54. The van der Waals surface area contributed by atoms with Crippen LogP contribution >= 0.6 is 0 Å². The van der Waals surface area contributed by atoms with Crippen LogP contribution < -0.4 is 0 Å². The molecule has 0 aromatic heterocycles. The average molecular weight is 141 g/mol. The van der Waals surface area contributed by atoms with Crippen molar-refractivity contribution in [3.8, 4) is 0 Å². The van der Waals surface area contributed by atoms with Crippen molar-refractivity contribution < 1.29 is 5.11 Å². The van der Waals surface area contributed by atoms with Crippen molar-refractivity contribution in [1.82, 2.24) is 0 Å². The molecule has 0 aliphatic heterocycles. The molecule has 1 heteroatoms. The fraction of sp³-hybridized carbons (Fsp3) is 0.778. The summed E-state index contributed by atoms with van der Waals surface area (Å²) in [6, 6.07) is 0. The Morgan fingerprint density at radius 2 is 1.80 bits per heavy atom. The summed E-state index contributed by atoms with van der Waals surface area (Å²) in [7, 11) is 0. The topological polar surface area (TPSA) is 19.9 Å². The number of allylic oxidation sites excluding steroid dienone is 1. The molecule has 0 saturated heterocycles. The van der Waals surface area contributed by atoms with Gasteiger partial charge in [-0.25, -0.2) is 0 Å². The summed E-state index contributed by atoms with van der Waals surface area (Å²) in [6.45, 7) is 2.21. The van der Waals surface area contributed by atoms with Crippen LogP contribution in [-0.4, -0.2) is 0 Å². The van der Waals surface area contributed by atoms with E-state index in [0.29, 0.717) is 0 Å². The zero-order valence-electron chi connectivity index (χ0n) is 6.81. The van der Waals surface area contributed by atoms with Gasteiger partial charge in [-0.2, -0.15) is 0 Å². The van der Waals surface area contributed by atoms with Gasteiger partial charge in [0.2, 0.25) is 0 Å². The van der Waals surface area contributed by atoms with Crippen LogP contribution in [0, 0.1) is 0 Å². The van der Waals surface area contributed by atoms with Crippen LogP contribution in [-0.2, 0) is 5.11 Å². The van der Waals surface area contributed by atoms with Crippen molar-refractivity contribution in [3.05, 3.63) is 12.3 Å². The quantitative estimate of drug-likeness (QED) is 0.399. The van der Waals surface area contributed by atoms with E-state index in [-0.39, 0.29) is 0 Å². The maximum atomic E-state index is 9.84. The summed E-state index contributed by atoms with van der Waals surface area (Å²) in [4.78, 5) is 0. The second-order valence-corrected chi connectivity index (χ2v) is 2.57. The van der Waals surface area contributed by atoms with Gasteiger partial charge in [-0.05, 0) is 18.9 Å². The van der Waals surface area contributed by atoms with Crippen molar-refractivity contribution in [2.75, 3.05) is 0 Å². The molecule has 0 spiro atoms. The number of unbranched alkanes of at least 4 members (excludes halogenated alkanes) is 5. The molecule has 0 N–H and O–H groups in total. The molecule has 10 heavy (non-hydrogen) atoms. The summed E-state index contributed by atoms with van der Waals surface area (Å²) >= 11 is 0. The molecule has 1 nitrogen and oxygen atoms in total. The second kappa shape index (κ2) is 8.54. The smallest absolute Gasteiger partial charge is 0.138 e. The van der Waals surface area contributed by atoms with Crippen molar-refractivity contribution in [2.45, 2.75) is 45.4 Å². The van der Waals surface area contributed by atoms with Gasteiger partial charge < -0.3 is 0 Å². The predicted molar refractivity (Wildman–Crippen MR) is 43.2 cm³/mol. The predicted octanol–water partition coefficient (Wildman–Crippen LogP) is 3.29. The van der Waals surface area contributed by atoms with Gasteiger partial charge in [0.05, 0.1) is 0 Å². The Kier molecular flexibility index (Phi) is 8.15. The van der Waals surface area contributed by atoms with Gasteiger partial charge in [0.1, 0.15) is 6.26 Å². The van der Waals surface area contributed by atoms with Crippen molar-refractivity contribution in [3.63, 3.8) is 0 Å². The molecule has 1 radical (unpaired) electrons. The molecule has 0 amide bonds. The molecule has 0 bridgehead atoms. The minimum absolute atomic E-state index is 0.889. The van der Waals surface area contributed by atoms with Crippen molar-refractivity contribution >= 4 is 0 Å². The molecule has 0 saturated carbocycles. The van der Waals surface area contributed by atoms with Crippen LogP contribution in [0.25, 0.3) is 0 Å². The lowest BCUT2D eigenvalue weighted by Gasteiger charge is -1.94. The van der Waals surface area contributed by atoms with E-state index in [0.717, 1.165) is 12.7 Å². The van der Waals surface area contributed by atoms with E-state index in [1.165, 1.54) is 32.1 Å². The lowest BCUT2D eigenvalue weighted by molar-refractivity contribution is 0.349. The van der Waals surface area contributed by atoms with Gasteiger partial charge in [0.25, 0.3) is 0 Å². The van der Waals surface area contributed by atoms with E-state index in [9.17, 15) is 5.11 Å². The van der Waals surface area contributed by atoms with Gasteiger partial charge in [-0.3, -0.25) is 5.11 Å². The molecule has 0 aliphatic carbocycles. The molecule has 0 fully saturated rings. The first-order valence-electron chi connectivity index (χ1n) is 4.18.